The first-order valence-corrected chi connectivity index (χ1v) is 12.2. The molecular formula is C20H40O4Si. The first-order chi connectivity index (χ1) is 11.1. The summed E-state index contributed by atoms with van der Waals surface area (Å²) in [5.74, 6) is -0.608. The van der Waals surface area contributed by atoms with Crippen molar-refractivity contribution in [1.82, 2.24) is 0 Å². The van der Waals surface area contributed by atoms with Crippen molar-refractivity contribution in [1.29, 1.82) is 0 Å². The van der Waals surface area contributed by atoms with E-state index >= 15 is 0 Å². The van der Waals surface area contributed by atoms with Gasteiger partial charge in [0.05, 0.1) is 24.2 Å². The highest BCUT2D eigenvalue weighted by Gasteiger charge is 2.46. The van der Waals surface area contributed by atoms with E-state index in [0.717, 1.165) is 5.57 Å². The van der Waals surface area contributed by atoms with Gasteiger partial charge in [0, 0.05) is 5.92 Å². The van der Waals surface area contributed by atoms with Crippen molar-refractivity contribution in [2.24, 2.45) is 11.3 Å². The molecule has 25 heavy (non-hydrogen) atoms. The fourth-order valence-corrected chi connectivity index (χ4v) is 3.92. The van der Waals surface area contributed by atoms with Crippen LogP contribution in [0.3, 0.4) is 0 Å². The molecule has 4 nitrogen and oxygen atoms in total. The lowest BCUT2D eigenvalue weighted by Gasteiger charge is -2.43. The topological polar surface area (TPSA) is 55.8 Å². The first-order valence-electron chi connectivity index (χ1n) is 9.29. The maximum absolute atomic E-state index is 12.3. The third-order valence-electron chi connectivity index (χ3n) is 5.65. The summed E-state index contributed by atoms with van der Waals surface area (Å²) in [6, 6.07) is 0. The minimum absolute atomic E-state index is 0.0700. The molecule has 0 heterocycles. The van der Waals surface area contributed by atoms with E-state index < -0.39 is 19.8 Å². The standard InChI is InChI=1S/C20H40O4Si/c1-12-14(3)16(24-25(10,11)19(5,6)7)15(4)17(21)20(8,9)18(22)23-13-2/h12,15-17,21H,13H2,1-11H3/b14-12+/t15-,16-,17+/m0/s1. The monoisotopic (exact) mass is 372 g/mol. The molecule has 0 radical (unpaired) electrons. The predicted molar refractivity (Wildman–Crippen MR) is 107 cm³/mol. The molecule has 0 aromatic heterocycles. The zero-order valence-electron chi connectivity index (χ0n) is 18.2. The lowest BCUT2D eigenvalue weighted by atomic mass is 9.77. The number of aliphatic hydroxyl groups is 1. The van der Waals surface area contributed by atoms with Crippen LogP contribution in [-0.4, -0.2) is 38.2 Å². The van der Waals surface area contributed by atoms with Crippen LogP contribution in [0, 0.1) is 11.3 Å². The van der Waals surface area contributed by atoms with Gasteiger partial charge in [-0.1, -0.05) is 33.8 Å². The molecule has 0 saturated heterocycles. The molecular weight excluding hydrogens is 332 g/mol. The van der Waals surface area contributed by atoms with E-state index in [1.165, 1.54) is 0 Å². The molecule has 3 atom stereocenters. The largest absolute Gasteiger partial charge is 0.466 e. The number of allylic oxidation sites excluding steroid dienone is 1. The van der Waals surface area contributed by atoms with Gasteiger partial charge in [0.15, 0.2) is 8.32 Å². The fourth-order valence-electron chi connectivity index (χ4n) is 2.53. The lowest BCUT2D eigenvalue weighted by molar-refractivity contribution is -0.163. The summed E-state index contributed by atoms with van der Waals surface area (Å²) < 4.78 is 11.8. The maximum atomic E-state index is 12.3. The van der Waals surface area contributed by atoms with Gasteiger partial charge in [-0.05, 0) is 58.3 Å². The number of hydrogen-bond acceptors (Lipinski definition) is 4. The Kier molecular flexibility index (Phi) is 8.59. The van der Waals surface area contributed by atoms with E-state index in [0.29, 0.717) is 6.61 Å². The van der Waals surface area contributed by atoms with E-state index in [2.05, 4.69) is 33.9 Å². The van der Waals surface area contributed by atoms with Crippen LogP contribution in [0.5, 0.6) is 0 Å². The van der Waals surface area contributed by atoms with Crippen LogP contribution in [0.15, 0.2) is 11.6 Å². The lowest BCUT2D eigenvalue weighted by Crippen LogP contribution is -2.51. The Morgan fingerprint density at radius 2 is 1.68 bits per heavy atom. The Balaban J connectivity index is 5.66. The molecule has 0 aliphatic heterocycles. The zero-order chi connectivity index (χ0) is 20.2. The highest BCUT2D eigenvalue weighted by atomic mass is 28.4. The van der Waals surface area contributed by atoms with Crippen molar-refractivity contribution in [2.45, 2.75) is 92.7 Å². The quantitative estimate of drug-likeness (QED) is 0.373. The fraction of sp³-hybridized carbons (Fsp3) is 0.850. The minimum Gasteiger partial charge on any atom is -0.466 e. The molecule has 0 unspecified atom stereocenters. The van der Waals surface area contributed by atoms with Gasteiger partial charge in [0.2, 0.25) is 0 Å². The first kappa shape index (κ1) is 24.3. The minimum atomic E-state index is -2.03. The predicted octanol–water partition coefficient (Wildman–Crippen LogP) is 4.93. The van der Waals surface area contributed by atoms with Gasteiger partial charge in [0.25, 0.3) is 0 Å². The average Bonchev–Trinajstić information content (AvgIpc) is 2.49. The van der Waals surface area contributed by atoms with E-state index in [-0.39, 0.29) is 23.0 Å². The Morgan fingerprint density at radius 3 is 2.04 bits per heavy atom. The molecule has 0 saturated carbocycles. The number of hydrogen-bond donors (Lipinski definition) is 1. The molecule has 0 amide bonds. The SMILES string of the molecule is C/C=C(\C)[C@H](O[Si](C)(C)C(C)(C)C)[C@H](C)[C@@H](O)C(C)(C)C(=O)OCC. The molecule has 5 heteroatoms. The van der Waals surface area contributed by atoms with Crippen molar-refractivity contribution in [3.05, 3.63) is 11.6 Å². The van der Waals surface area contributed by atoms with Crippen LogP contribution in [-0.2, 0) is 14.0 Å². The molecule has 0 bridgehead atoms. The molecule has 0 aliphatic carbocycles. The van der Waals surface area contributed by atoms with E-state index in [1.54, 1.807) is 20.8 Å². The van der Waals surface area contributed by atoms with Gasteiger partial charge in [-0.15, -0.1) is 0 Å². The van der Waals surface area contributed by atoms with E-state index in [1.807, 2.05) is 26.8 Å². The van der Waals surface area contributed by atoms with Gasteiger partial charge in [-0.25, -0.2) is 0 Å². The highest BCUT2D eigenvalue weighted by molar-refractivity contribution is 6.74. The van der Waals surface area contributed by atoms with Crippen LogP contribution in [0.25, 0.3) is 0 Å². The number of ether oxygens (including phenoxy) is 1. The molecule has 0 rings (SSSR count). The third-order valence-corrected chi connectivity index (χ3v) is 10.1. The van der Waals surface area contributed by atoms with Crippen LogP contribution in [0.2, 0.25) is 18.1 Å². The molecule has 0 aliphatic rings. The van der Waals surface area contributed by atoms with Crippen LogP contribution >= 0.6 is 0 Å². The second-order valence-electron chi connectivity index (χ2n) is 9.08. The van der Waals surface area contributed by atoms with Crippen LogP contribution in [0.4, 0.5) is 0 Å². The Bertz CT molecular complexity index is 475. The molecule has 0 spiro atoms. The average molecular weight is 373 g/mol. The van der Waals surface area contributed by atoms with Gasteiger partial charge < -0.3 is 14.3 Å². The summed E-state index contributed by atoms with van der Waals surface area (Å²) in [6.45, 7) is 22.5. The molecule has 0 aromatic carbocycles. The Labute approximate surface area is 156 Å². The van der Waals surface area contributed by atoms with Crippen molar-refractivity contribution in [3.8, 4) is 0 Å². The highest BCUT2D eigenvalue weighted by Crippen LogP contribution is 2.40. The van der Waals surface area contributed by atoms with Crippen molar-refractivity contribution in [2.75, 3.05) is 6.61 Å². The summed E-state index contributed by atoms with van der Waals surface area (Å²) >= 11 is 0. The summed E-state index contributed by atoms with van der Waals surface area (Å²) in [5, 5.41) is 11.0. The van der Waals surface area contributed by atoms with Gasteiger partial charge in [0.1, 0.15) is 0 Å². The number of esters is 1. The molecule has 1 N–H and O–H groups in total. The zero-order valence-corrected chi connectivity index (χ0v) is 19.2. The van der Waals surface area contributed by atoms with Gasteiger partial charge >= 0.3 is 5.97 Å². The van der Waals surface area contributed by atoms with Crippen LogP contribution < -0.4 is 0 Å². The Hall–Kier alpha value is -0.653. The summed E-state index contributed by atoms with van der Waals surface area (Å²) in [5.41, 5.74) is 0.0921. The van der Waals surface area contributed by atoms with Crippen molar-refractivity contribution in [3.63, 3.8) is 0 Å². The van der Waals surface area contributed by atoms with E-state index in [4.69, 9.17) is 9.16 Å². The normalized spacial score (nSPS) is 17.8. The second-order valence-corrected chi connectivity index (χ2v) is 13.8. The third kappa shape index (κ3) is 5.93. The van der Waals surface area contributed by atoms with Crippen molar-refractivity contribution >= 4 is 14.3 Å². The van der Waals surface area contributed by atoms with Gasteiger partial charge in [-0.3, -0.25) is 4.79 Å². The smallest absolute Gasteiger partial charge is 0.314 e. The van der Waals surface area contributed by atoms with Crippen LogP contribution in [0.1, 0.15) is 62.3 Å². The number of rotatable bonds is 8. The summed E-state index contributed by atoms with van der Waals surface area (Å²) in [4.78, 5) is 12.3. The number of carbonyl (C=O) groups excluding carboxylic acids is 1. The maximum Gasteiger partial charge on any atom is 0.314 e. The number of carbonyl (C=O) groups is 1. The van der Waals surface area contributed by atoms with Crippen molar-refractivity contribution < 1.29 is 19.1 Å². The molecule has 0 aromatic rings. The van der Waals surface area contributed by atoms with E-state index in [9.17, 15) is 9.90 Å². The number of aliphatic hydroxyl groups excluding tert-OH is 1. The summed E-state index contributed by atoms with van der Waals surface area (Å²) in [6.07, 6.45) is 0.934. The molecule has 148 valence electrons. The molecule has 0 fully saturated rings. The van der Waals surface area contributed by atoms with Gasteiger partial charge in [-0.2, -0.15) is 0 Å². The second kappa shape index (κ2) is 8.83. The summed E-state index contributed by atoms with van der Waals surface area (Å²) in [7, 11) is -2.03. The Morgan fingerprint density at radius 1 is 1.20 bits per heavy atom.